The Morgan fingerprint density at radius 3 is 2.87 bits per heavy atom. The molecule has 0 unspecified atom stereocenters. The fraction of sp³-hybridized carbons (Fsp3) is 0.412. The van der Waals surface area contributed by atoms with Gasteiger partial charge < -0.3 is 15.0 Å². The first-order valence-corrected chi connectivity index (χ1v) is 8.65. The summed E-state index contributed by atoms with van der Waals surface area (Å²) < 4.78 is 5.20. The lowest BCUT2D eigenvalue weighted by atomic mass is 10.0. The number of rotatable bonds is 4. The van der Waals surface area contributed by atoms with Crippen molar-refractivity contribution in [2.75, 3.05) is 13.7 Å². The van der Waals surface area contributed by atoms with Crippen LogP contribution in [0.25, 0.3) is 0 Å². The monoisotopic (exact) mass is 331 g/mol. The number of thiazole rings is 1. The van der Waals surface area contributed by atoms with Gasteiger partial charge in [0.2, 0.25) is 0 Å². The predicted octanol–water partition coefficient (Wildman–Crippen LogP) is 3.51. The van der Waals surface area contributed by atoms with E-state index in [0.717, 1.165) is 41.4 Å². The van der Waals surface area contributed by atoms with Crippen LogP contribution in [0.1, 0.15) is 35.1 Å². The zero-order valence-electron chi connectivity index (χ0n) is 13.4. The van der Waals surface area contributed by atoms with Gasteiger partial charge in [-0.3, -0.25) is 0 Å². The summed E-state index contributed by atoms with van der Waals surface area (Å²) in [5.41, 5.74) is 2.15. The van der Waals surface area contributed by atoms with Crippen molar-refractivity contribution in [1.82, 2.24) is 15.2 Å². The van der Waals surface area contributed by atoms with E-state index in [1.165, 1.54) is 0 Å². The number of carbonyl (C=O) groups is 1. The summed E-state index contributed by atoms with van der Waals surface area (Å²) in [5.74, 6) is 0.835. The number of aromatic nitrogens is 1. The van der Waals surface area contributed by atoms with Crippen LogP contribution in [0.3, 0.4) is 0 Å². The molecule has 1 atom stereocenters. The number of benzene rings is 1. The summed E-state index contributed by atoms with van der Waals surface area (Å²) in [7, 11) is 1.66. The van der Waals surface area contributed by atoms with Gasteiger partial charge in [-0.15, -0.1) is 11.3 Å². The smallest absolute Gasteiger partial charge is 0.318 e. The molecule has 122 valence electrons. The largest absolute Gasteiger partial charge is 0.497 e. The van der Waals surface area contributed by atoms with E-state index in [9.17, 15) is 4.79 Å². The van der Waals surface area contributed by atoms with Crippen LogP contribution in [0.2, 0.25) is 0 Å². The Morgan fingerprint density at radius 1 is 1.43 bits per heavy atom. The van der Waals surface area contributed by atoms with E-state index in [1.807, 2.05) is 41.5 Å². The molecule has 23 heavy (non-hydrogen) atoms. The van der Waals surface area contributed by atoms with E-state index in [2.05, 4.69) is 10.3 Å². The Labute approximate surface area is 140 Å². The zero-order chi connectivity index (χ0) is 16.2. The number of amides is 2. The number of likely N-dealkylation sites (tertiary alicyclic amines) is 1. The predicted molar refractivity (Wildman–Crippen MR) is 90.8 cm³/mol. The lowest BCUT2D eigenvalue weighted by molar-refractivity contribution is 0.192. The van der Waals surface area contributed by atoms with Gasteiger partial charge in [-0.05, 0) is 37.5 Å². The van der Waals surface area contributed by atoms with E-state index >= 15 is 0 Å². The number of nitrogens with zero attached hydrogens (tertiary/aromatic N) is 2. The third-order valence-electron chi connectivity index (χ3n) is 4.07. The van der Waals surface area contributed by atoms with Crippen LogP contribution >= 0.6 is 11.3 Å². The standard InChI is InChI=1S/C17H21N3O2S/c1-12-11-23-16(19-12)10-18-17(21)20-9-3-4-15(20)13-5-7-14(22-2)8-6-13/h5-8,11,15H,3-4,9-10H2,1-2H3,(H,18,21)/t15-/m0/s1. The van der Waals surface area contributed by atoms with Gasteiger partial charge in [0.15, 0.2) is 0 Å². The van der Waals surface area contributed by atoms with Crippen molar-refractivity contribution in [2.45, 2.75) is 32.4 Å². The molecule has 3 rings (SSSR count). The Kier molecular flexibility index (Phi) is 4.81. The number of ether oxygens (including phenoxy) is 1. The maximum absolute atomic E-state index is 12.5. The topological polar surface area (TPSA) is 54.5 Å². The van der Waals surface area contributed by atoms with E-state index in [4.69, 9.17) is 4.74 Å². The highest BCUT2D eigenvalue weighted by atomic mass is 32.1. The molecule has 1 aliphatic heterocycles. The van der Waals surface area contributed by atoms with Crippen molar-refractivity contribution in [1.29, 1.82) is 0 Å². The number of nitrogens with one attached hydrogen (secondary N) is 1. The Hall–Kier alpha value is -2.08. The molecule has 0 spiro atoms. The number of carbonyl (C=O) groups excluding carboxylic acids is 1. The molecular formula is C17H21N3O2S. The lowest BCUT2D eigenvalue weighted by Gasteiger charge is -2.25. The fourth-order valence-corrected chi connectivity index (χ4v) is 3.63. The quantitative estimate of drug-likeness (QED) is 0.933. The number of hydrogen-bond acceptors (Lipinski definition) is 4. The normalized spacial score (nSPS) is 17.3. The molecule has 0 aliphatic carbocycles. The van der Waals surface area contributed by atoms with Gasteiger partial charge in [-0.25, -0.2) is 9.78 Å². The first-order valence-electron chi connectivity index (χ1n) is 7.77. The molecule has 1 aromatic heterocycles. The molecule has 0 radical (unpaired) electrons. The van der Waals surface area contributed by atoms with Crippen molar-refractivity contribution in [3.8, 4) is 5.75 Å². The van der Waals surface area contributed by atoms with Crippen molar-refractivity contribution >= 4 is 17.4 Å². The second-order valence-corrected chi connectivity index (χ2v) is 6.61. The van der Waals surface area contributed by atoms with Crippen LogP contribution in [0.4, 0.5) is 4.79 Å². The van der Waals surface area contributed by atoms with Crippen LogP contribution in [-0.2, 0) is 6.54 Å². The third kappa shape index (κ3) is 3.64. The minimum absolute atomic E-state index is 0.0174. The number of aryl methyl sites for hydroxylation is 1. The Balaban J connectivity index is 1.64. The van der Waals surface area contributed by atoms with Crippen molar-refractivity contribution in [2.24, 2.45) is 0 Å². The third-order valence-corrected chi connectivity index (χ3v) is 5.04. The van der Waals surface area contributed by atoms with Crippen LogP contribution in [-0.4, -0.2) is 29.6 Å². The van der Waals surface area contributed by atoms with E-state index in [1.54, 1.807) is 18.4 Å². The van der Waals surface area contributed by atoms with E-state index in [-0.39, 0.29) is 12.1 Å². The lowest BCUT2D eigenvalue weighted by Crippen LogP contribution is -2.39. The summed E-state index contributed by atoms with van der Waals surface area (Å²) in [6.07, 6.45) is 2.02. The minimum atomic E-state index is -0.0174. The Morgan fingerprint density at radius 2 is 2.22 bits per heavy atom. The summed E-state index contributed by atoms with van der Waals surface area (Å²) in [5, 5.41) is 5.93. The summed E-state index contributed by atoms with van der Waals surface area (Å²) in [6, 6.07) is 8.10. The van der Waals surface area contributed by atoms with Gasteiger partial charge in [-0.1, -0.05) is 12.1 Å². The average Bonchev–Trinajstić information content (AvgIpc) is 3.21. The second-order valence-electron chi connectivity index (χ2n) is 5.67. The maximum Gasteiger partial charge on any atom is 0.318 e. The first kappa shape index (κ1) is 15.8. The molecule has 0 bridgehead atoms. The molecule has 0 saturated carbocycles. The van der Waals surface area contributed by atoms with E-state index in [0.29, 0.717) is 6.54 Å². The van der Waals surface area contributed by atoms with Gasteiger partial charge in [0.05, 0.1) is 19.7 Å². The SMILES string of the molecule is COc1ccc([C@@H]2CCCN2C(=O)NCc2nc(C)cs2)cc1. The molecule has 1 aromatic carbocycles. The molecular weight excluding hydrogens is 310 g/mol. The van der Waals surface area contributed by atoms with Gasteiger partial charge in [0.1, 0.15) is 10.8 Å². The van der Waals surface area contributed by atoms with Gasteiger partial charge in [0, 0.05) is 17.6 Å². The maximum atomic E-state index is 12.5. The highest BCUT2D eigenvalue weighted by molar-refractivity contribution is 7.09. The molecule has 6 heteroatoms. The number of methoxy groups -OCH3 is 1. The number of hydrogen-bond donors (Lipinski definition) is 1. The van der Waals surface area contributed by atoms with Gasteiger partial charge in [0.25, 0.3) is 0 Å². The van der Waals surface area contributed by atoms with Gasteiger partial charge in [-0.2, -0.15) is 0 Å². The highest BCUT2D eigenvalue weighted by Crippen LogP contribution is 2.32. The Bertz CT molecular complexity index is 669. The van der Waals surface area contributed by atoms with Crippen LogP contribution in [0.15, 0.2) is 29.6 Å². The zero-order valence-corrected chi connectivity index (χ0v) is 14.2. The van der Waals surface area contributed by atoms with E-state index < -0.39 is 0 Å². The molecule has 1 aliphatic rings. The summed E-state index contributed by atoms with van der Waals surface area (Å²) in [4.78, 5) is 18.8. The number of urea groups is 1. The average molecular weight is 331 g/mol. The van der Waals surface area contributed by atoms with Crippen molar-refractivity contribution in [3.05, 3.63) is 45.9 Å². The van der Waals surface area contributed by atoms with Crippen molar-refractivity contribution in [3.63, 3.8) is 0 Å². The summed E-state index contributed by atoms with van der Waals surface area (Å²) in [6.45, 7) is 3.24. The van der Waals surface area contributed by atoms with Crippen molar-refractivity contribution < 1.29 is 9.53 Å². The molecule has 1 fully saturated rings. The molecule has 1 N–H and O–H groups in total. The van der Waals surface area contributed by atoms with Crippen LogP contribution in [0, 0.1) is 6.92 Å². The van der Waals surface area contributed by atoms with Crippen LogP contribution < -0.4 is 10.1 Å². The molecule has 1 saturated heterocycles. The highest BCUT2D eigenvalue weighted by Gasteiger charge is 2.29. The second kappa shape index (κ2) is 7.00. The van der Waals surface area contributed by atoms with Crippen LogP contribution in [0.5, 0.6) is 5.75 Å². The molecule has 2 aromatic rings. The fourth-order valence-electron chi connectivity index (χ4n) is 2.92. The molecule has 2 heterocycles. The van der Waals surface area contributed by atoms with Gasteiger partial charge >= 0.3 is 6.03 Å². The molecule has 5 nitrogen and oxygen atoms in total. The first-order chi connectivity index (χ1) is 11.2. The molecule has 2 amide bonds. The summed E-state index contributed by atoms with van der Waals surface area (Å²) >= 11 is 1.58. The minimum Gasteiger partial charge on any atom is -0.497 e.